The number of rotatable bonds is 6. The van der Waals surface area contributed by atoms with Gasteiger partial charge in [-0.05, 0) is 32.8 Å². The fraction of sp³-hybridized carbons (Fsp3) is 0.647. The Morgan fingerprint density at radius 2 is 2.05 bits per heavy atom. The number of nitrogens with one attached hydrogen (secondary N) is 1. The highest BCUT2D eigenvalue weighted by Gasteiger charge is 2.26. The van der Waals surface area contributed by atoms with E-state index in [0.29, 0.717) is 6.04 Å². The Bertz CT molecular complexity index is 391. The van der Waals surface area contributed by atoms with E-state index in [9.17, 15) is 0 Å². The first-order valence-electron chi connectivity index (χ1n) is 7.73. The minimum Gasteiger partial charge on any atom is -0.375 e. The van der Waals surface area contributed by atoms with Gasteiger partial charge in [0, 0.05) is 38.8 Å². The van der Waals surface area contributed by atoms with Gasteiger partial charge >= 0.3 is 0 Å². The van der Waals surface area contributed by atoms with E-state index < -0.39 is 0 Å². The van der Waals surface area contributed by atoms with Crippen molar-refractivity contribution in [3.63, 3.8) is 0 Å². The summed E-state index contributed by atoms with van der Waals surface area (Å²) in [6.07, 6.45) is 1.10. The van der Waals surface area contributed by atoms with E-state index in [1.807, 2.05) is 0 Å². The van der Waals surface area contributed by atoms with Gasteiger partial charge in [-0.3, -0.25) is 4.90 Å². The summed E-state index contributed by atoms with van der Waals surface area (Å²) in [5.74, 6) is 0. The van der Waals surface area contributed by atoms with Crippen LogP contribution < -0.4 is 5.32 Å². The van der Waals surface area contributed by atoms with Gasteiger partial charge in [-0.1, -0.05) is 30.3 Å². The van der Waals surface area contributed by atoms with Gasteiger partial charge in [0.25, 0.3) is 0 Å². The van der Waals surface area contributed by atoms with Crippen molar-refractivity contribution in [2.75, 3.05) is 32.8 Å². The molecule has 0 amide bonds. The second-order valence-corrected chi connectivity index (χ2v) is 6.27. The fourth-order valence-electron chi connectivity index (χ4n) is 3.05. The lowest BCUT2D eigenvalue weighted by molar-refractivity contribution is -0.0383. The van der Waals surface area contributed by atoms with Gasteiger partial charge in [0.1, 0.15) is 0 Å². The van der Waals surface area contributed by atoms with Crippen LogP contribution in [0.3, 0.4) is 0 Å². The molecule has 1 aliphatic rings. The van der Waals surface area contributed by atoms with Crippen molar-refractivity contribution in [2.24, 2.45) is 0 Å². The normalized spacial score (nSPS) is 21.1. The summed E-state index contributed by atoms with van der Waals surface area (Å²) in [4.78, 5) is 2.53. The number of nitrogens with zero attached hydrogens (tertiary/aromatic N) is 1. The van der Waals surface area contributed by atoms with Gasteiger partial charge < -0.3 is 10.1 Å². The molecule has 1 saturated heterocycles. The summed E-state index contributed by atoms with van der Waals surface area (Å²) in [5, 5.41) is 3.63. The SMILES string of the molecule is CCOC(C)(C)CN1CCNC(Cc2ccccc2)C1. The van der Waals surface area contributed by atoms with E-state index in [0.717, 1.165) is 39.2 Å². The average molecular weight is 276 g/mol. The molecular weight excluding hydrogens is 248 g/mol. The molecule has 0 aromatic heterocycles. The van der Waals surface area contributed by atoms with Crippen molar-refractivity contribution in [1.82, 2.24) is 10.2 Å². The van der Waals surface area contributed by atoms with Crippen molar-refractivity contribution < 1.29 is 4.74 Å². The van der Waals surface area contributed by atoms with Gasteiger partial charge in [-0.2, -0.15) is 0 Å². The van der Waals surface area contributed by atoms with Crippen LogP contribution in [-0.2, 0) is 11.2 Å². The lowest BCUT2D eigenvalue weighted by Gasteiger charge is -2.38. The molecule has 1 aliphatic heterocycles. The molecule has 0 radical (unpaired) electrons. The molecule has 0 bridgehead atoms. The van der Waals surface area contributed by atoms with Gasteiger partial charge in [0.05, 0.1) is 5.60 Å². The summed E-state index contributed by atoms with van der Waals surface area (Å²) in [6, 6.07) is 11.3. The predicted octanol–water partition coefficient (Wildman–Crippen LogP) is 2.32. The molecule has 1 aromatic carbocycles. The molecule has 1 atom stereocenters. The van der Waals surface area contributed by atoms with Crippen molar-refractivity contribution in [1.29, 1.82) is 0 Å². The number of hydrogen-bond acceptors (Lipinski definition) is 3. The minimum absolute atomic E-state index is 0.0522. The van der Waals surface area contributed by atoms with Crippen LogP contribution in [0.25, 0.3) is 0 Å². The van der Waals surface area contributed by atoms with E-state index in [2.05, 4.69) is 61.3 Å². The topological polar surface area (TPSA) is 24.5 Å². The Hall–Kier alpha value is -0.900. The third-order valence-electron chi connectivity index (χ3n) is 3.80. The zero-order valence-corrected chi connectivity index (χ0v) is 13.1. The standard InChI is InChI=1S/C17H28N2O/c1-4-20-17(2,3)14-19-11-10-18-16(13-19)12-15-8-6-5-7-9-15/h5-9,16,18H,4,10-14H2,1-3H3. The Kier molecular flexibility index (Phi) is 5.58. The highest BCUT2D eigenvalue weighted by molar-refractivity contribution is 5.16. The van der Waals surface area contributed by atoms with Crippen LogP contribution in [0.4, 0.5) is 0 Å². The molecule has 1 fully saturated rings. The predicted molar refractivity (Wildman–Crippen MR) is 84.1 cm³/mol. The summed E-state index contributed by atoms with van der Waals surface area (Å²) in [7, 11) is 0. The summed E-state index contributed by atoms with van der Waals surface area (Å²) >= 11 is 0. The van der Waals surface area contributed by atoms with E-state index in [-0.39, 0.29) is 5.60 Å². The van der Waals surface area contributed by atoms with Gasteiger partial charge in [-0.15, -0.1) is 0 Å². The second kappa shape index (κ2) is 7.21. The molecule has 1 unspecified atom stereocenters. The molecule has 112 valence electrons. The van der Waals surface area contributed by atoms with Crippen LogP contribution in [0.5, 0.6) is 0 Å². The number of benzene rings is 1. The monoisotopic (exact) mass is 276 g/mol. The fourth-order valence-corrected chi connectivity index (χ4v) is 3.05. The second-order valence-electron chi connectivity index (χ2n) is 6.27. The molecule has 0 spiro atoms. The first kappa shape index (κ1) is 15.5. The highest BCUT2D eigenvalue weighted by Crippen LogP contribution is 2.14. The quantitative estimate of drug-likeness (QED) is 0.863. The van der Waals surface area contributed by atoms with E-state index in [4.69, 9.17) is 4.74 Å². The molecule has 3 nitrogen and oxygen atoms in total. The average Bonchev–Trinajstić information content (AvgIpc) is 2.39. The van der Waals surface area contributed by atoms with Crippen LogP contribution in [0.15, 0.2) is 30.3 Å². The Balaban J connectivity index is 1.85. The molecule has 1 N–H and O–H groups in total. The summed E-state index contributed by atoms with van der Waals surface area (Å²) < 4.78 is 5.82. The van der Waals surface area contributed by atoms with Crippen LogP contribution in [-0.4, -0.2) is 49.3 Å². The first-order valence-corrected chi connectivity index (χ1v) is 7.73. The van der Waals surface area contributed by atoms with Crippen LogP contribution >= 0.6 is 0 Å². The Morgan fingerprint density at radius 1 is 1.30 bits per heavy atom. The Morgan fingerprint density at radius 3 is 2.75 bits per heavy atom. The van der Waals surface area contributed by atoms with Crippen molar-refractivity contribution in [3.05, 3.63) is 35.9 Å². The van der Waals surface area contributed by atoms with E-state index in [1.54, 1.807) is 0 Å². The number of ether oxygens (including phenoxy) is 1. The van der Waals surface area contributed by atoms with E-state index >= 15 is 0 Å². The number of hydrogen-bond donors (Lipinski definition) is 1. The minimum atomic E-state index is -0.0522. The Labute approximate surface area is 123 Å². The molecule has 2 rings (SSSR count). The summed E-state index contributed by atoms with van der Waals surface area (Å²) in [5.41, 5.74) is 1.36. The molecule has 1 heterocycles. The lowest BCUT2D eigenvalue weighted by Crippen LogP contribution is -2.54. The molecule has 0 aliphatic carbocycles. The zero-order chi connectivity index (χ0) is 14.4. The third kappa shape index (κ3) is 4.89. The zero-order valence-electron chi connectivity index (χ0n) is 13.1. The smallest absolute Gasteiger partial charge is 0.0752 e. The van der Waals surface area contributed by atoms with Crippen molar-refractivity contribution >= 4 is 0 Å². The van der Waals surface area contributed by atoms with Crippen LogP contribution in [0.1, 0.15) is 26.3 Å². The van der Waals surface area contributed by atoms with Gasteiger partial charge in [-0.25, -0.2) is 0 Å². The third-order valence-corrected chi connectivity index (χ3v) is 3.80. The lowest BCUT2D eigenvalue weighted by atomic mass is 10.0. The number of piperazine rings is 1. The van der Waals surface area contributed by atoms with Gasteiger partial charge in [0.15, 0.2) is 0 Å². The molecule has 1 aromatic rings. The molecular formula is C17H28N2O. The van der Waals surface area contributed by atoms with Crippen molar-refractivity contribution in [3.8, 4) is 0 Å². The maximum atomic E-state index is 5.82. The molecule has 20 heavy (non-hydrogen) atoms. The largest absolute Gasteiger partial charge is 0.375 e. The van der Waals surface area contributed by atoms with Crippen molar-refractivity contribution in [2.45, 2.75) is 38.8 Å². The maximum absolute atomic E-state index is 5.82. The first-order chi connectivity index (χ1) is 9.59. The summed E-state index contributed by atoms with van der Waals surface area (Å²) in [6.45, 7) is 11.5. The molecule has 0 saturated carbocycles. The maximum Gasteiger partial charge on any atom is 0.0752 e. The van der Waals surface area contributed by atoms with Crippen LogP contribution in [0, 0.1) is 0 Å². The highest BCUT2D eigenvalue weighted by atomic mass is 16.5. The van der Waals surface area contributed by atoms with Crippen LogP contribution in [0.2, 0.25) is 0 Å². The van der Waals surface area contributed by atoms with E-state index in [1.165, 1.54) is 5.56 Å². The van der Waals surface area contributed by atoms with Gasteiger partial charge in [0.2, 0.25) is 0 Å². The molecule has 3 heteroatoms.